The first-order chi connectivity index (χ1) is 41.3. The van der Waals surface area contributed by atoms with Gasteiger partial charge < -0.3 is 166 Å². The van der Waals surface area contributed by atoms with Crippen molar-refractivity contribution in [2.24, 2.45) is 0 Å². The fourth-order valence-corrected chi connectivity index (χ4v) is 10.7. The second-order valence-corrected chi connectivity index (χ2v) is 21.7. The van der Waals surface area contributed by atoms with Gasteiger partial charge in [-0.05, 0) is 0 Å². The number of carbonyl (C=O) groups excluding carboxylic acids is 5. The predicted octanol–water partition coefficient (Wildman–Crippen LogP) is -14.5. The number of carbonyl (C=O) groups is 6. The van der Waals surface area contributed by atoms with Crippen LogP contribution in [0.4, 0.5) is 0 Å². The van der Waals surface area contributed by atoms with Crippen LogP contribution in [0.1, 0.15) is 41.0 Å². The smallest absolute Gasteiger partial charge is 0.364 e. The highest BCUT2D eigenvalue weighted by molar-refractivity contribution is 5.77. The summed E-state index contributed by atoms with van der Waals surface area (Å²) in [5.41, 5.74) is 0. The number of rotatable bonds is 28. The van der Waals surface area contributed by atoms with Crippen LogP contribution in [-0.4, -0.2) is 357 Å². The molecule has 30 atom stereocenters. The Kier molecular flexibility index (Phi) is 27.8. The third kappa shape index (κ3) is 17.7. The molecule has 0 aromatic rings. The lowest BCUT2D eigenvalue weighted by Crippen LogP contribution is -2.72. The van der Waals surface area contributed by atoms with Gasteiger partial charge in [-0.15, -0.1) is 0 Å². The number of aliphatic hydroxyl groups excluding tert-OH is 17. The van der Waals surface area contributed by atoms with Crippen LogP contribution in [-0.2, 0) is 76.1 Å². The third-order valence-electron chi connectivity index (χ3n) is 15.0. The summed E-state index contributed by atoms with van der Waals surface area (Å²) in [6.45, 7) is -2.78. The molecule has 5 aliphatic rings. The second kappa shape index (κ2) is 32.8. The van der Waals surface area contributed by atoms with Crippen molar-refractivity contribution < 1.29 is 168 Å². The maximum atomic E-state index is 13.3. The van der Waals surface area contributed by atoms with E-state index in [4.69, 9.17) is 47.4 Å². The quantitative estimate of drug-likeness (QED) is 0.0346. The highest BCUT2D eigenvalue weighted by Gasteiger charge is 2.61. The fraction of sp³-hybridized carbons (Fsp3) is 0.878. The zero-order valence-corrected chi connectivity index (χ0v) is 48.0. The van der Waals surface area contributed by atoms with Gasteiger partial charge in [0.2, 0.25) is 29.5 Å². The molecule has 0 aromatic carbocycles. The maximum Gasteiger partial charge on any atom is 0.364 e. The molecule has 0 radical (unpaired) electrons. The molecule has 0 spiro atoms. The fourth-order valence-electron chi connectivity index (χ4n) is 10.7. The Balaban J connectivity index is 1.54. The average Bonchev–Trinajstić information content (AvgIpc) is 2.83. The number of carboxylic acid groups (broad SMARTS) is 1. The standard InChI is InChI=1S/C49H83N5O34/c1-14(61)50-19(7-55)39(31(69)21(67)8-56)84-45-29(53-17(4)64)41(35(73)26(83-45)13-79-44-28(52-16(3)63)36(74)33(71)23(10-58)80-44)86-47-38(76)37(75)40(25(12-60)82-47)85-46-30(54-18(5)65)43(34(72)24(11-59)81-46)88-49(48(77)78)6-20(66)27(51-15(2)62)42(87-49)32(70)22(68)9-57/h19-47,55-60,66-76H,6-13H2,1-5H3,(H,50,61)(H,51,62)(H,52,63)(H,53,64)(H,54,65)(H,77,78)/t19-,20-,21+,22+,23+,24?,25+,26+,27+,28+,29+,30?,31-,32+,33+,34?,35-,36+,37+,38+,39+,40-,41+,42+,43?,44+,45+,46?,47?,49-/m0/s1. The van der Waals surface area contributed by atoms with Gasteiger partial charge in [-0.25, -0.2) is 4.79 Å². The molecule has 39 nitrogen and oxygen atoms in total. The topological polar surface area (TPSA) is 619 Å². The first kappa shape index (κ1) is 74.5. The van der Waals surface area contributed by atoms with E-state index in [2.05, 4.69) is 26.6 Å². The normalized spacial score (nSPS) is 40.0. The highest BCUT2D eigenvalue weighted by atomic mass is 16.8. The van der Waals surface area contributed by atoms with Gasteiger partial charge in [-0.3, -0.25) is 24.0 Å². The van der Waals surface area contributed by atoms with Gasteiger partial charge in [0.05, 0.1) is 64.4 Å². The van der Waals surface area contributed by atoms with Crippen molar-refractivity contribution >= 4 is 35.5 Å². The third-order valence-corrected chi connectivity index (χ3v) is 15.0. The molecular formula is C49H83N5O34. The van der Waals surface area contributed by atoms with Gasteiger partial charge in [0.25, 0.3) is 5.79 Å². The van der Waals surface area contributed by atoms with Gasteiger partial charge in [0.15, 0.2) is 25.2 Å². The Morgan fingerprint density at radius 2 is 1.00 bits per heavy atom. The molecule has 6 unspecified atom stereocenters. The molecule has 5 amide bonds. The largest absolute Gasteiger partial charge is 0.477 e. The summed E-state index contributed by atoms with van der Waals surface area (Å²) < 4.78 is 59.1. The summed E-state index contributed by atoms with van der Waals surface area (Å²) in [5.74, 6) is -9.75. The first-order valence-corrected chi connectivity index (χ1v) is 27.6. The minimum Gasteiger partial charge on any atom is -0.477 e. The minimum absolute atomic E-state index is 0.779. The lowest BCUT2D eigenvalue weighted by atomic mass is 9.88. The predicted molar refractivity (Wildman–Crippen MR) is 277 cm³/mol. The molecule has 39 heteroatoms. The van der Waals surface area contributed by atoms with E-state index in [9.17, 15) is 121 Å². The van der Waals surface area contributed by atoms with Crippen LogP contribution in [0.2, 0.25) is 0 Å². The average molecular weight is 1290 g/mol. The highest BCUT2D eigenvalue weighted by Crippen LogP contribution is 2.40. The molecule has 0 aromatic heterocycles. The van der Waals surface area contributed by atoms with Gasteiger partial charge in [0.1, 0.15) is 134 Å². The molecular weight excluding hydrogens is 1200 g/mol. The van der Waals surface area contributed by atoms with Gasteiger partial charge in [0, 0.05) is 41.0 Å². The summed E-state index contributed by atoms with van der Waals surface area (Å²) in [6, 6.07) is -8.95. The lowest BCUT2D eigenvalue weighted by molar-refractivity contribution is -0.380. The van der Waals surface area contributed by atoms with Crippen LogP contribution in [0.15, 0.2) is 0 Å². The van der Waals surface area contributed by atoms with Crippen LogP contribution in [0.5, 0.6) is 0 Å². The monoisotopic (exact) mass is 1290 g/mol. The number of ether oxygens (including phenoxy) is 10. The Labute approximate surface area is 499 Å². The van der Waals surface area contributed by atoms with Crippen molar-refractivity contribution in [3.05, 3.63) is 0 Å². The number of nitrogens with one attached hydrogen (secondary N) is 5. The summed E-state index contributed by atoms with van der Waals surface area (Å²) in [4.78, 5) is 75.9. The van der Waals surface area contributed by atoms with Crippen molar-refractivity contribution in [1.29, 1.82) is 0 Å². The Hall–Kier alpha value is -4.26. The number of carboxylic acids is 1. The molecule has 5 saturated heterocycles. The van der Waals surface area contributed by atoms with E-state index in [1.165, 1.54) is 0 Å². The van der Waals surface area contributed by atoms with Crippen molar-refractivity contribution in [3.8, 4) is 0 Å². The molecule has 88 heavy (non-hydrogen) atoms. The number of hydrogen-bond donors (Lipinski definition) is 23. The molecule has 5 heterocycles. The van der Waals surface area contributed by atoms with E-state index < -0.39 is 271 Å². The van der Waals surface area contributed by atoms with Gasteiger partial charge in [-0.1, -0.05) is 0 Å². The van der Waals surface area contributed by atoms with Crippen LogP contribution >= 0.6 is 0 Å². The van der Waals surface area contributed by atoms with Crippen molar-refractivity contribution in [2.45, 2.75) is 224 Å². The summed E-state index contributed by atoms with van der Waals surface area (Å²) in [6.07, 6.45) is -51.2. The second-order valence-electron chi connectivity index (χ2n) is 21.7. The van der Waals surface area contributed by atoms with E-state index >= 15 is 0 Å². The van der Waals surface area contributed by atoms with E-state index in [-0.39, 0.29) is 0 Å². The molecule has 5 fully saturated rings. The molecule has 0 saturated carbocycles. The number of amides is 5. The molecule has 5 rings (SSSR count). The maximum absolute atomic E-state index is 13.3. The molecule has 5 aliphatic heterocycles. The van der Waals surface area contributed by atoms with Crippen molar-refractivity contribution in [3.63, 3.8) is 0 Å². The van der Waals surface area contributed by atoms with E-state index in [1.54, 1.807) is 0 Å². The minimum atomic E-state index is -3.23. The summed E-state index contributed by atoms with van der Waals surface area (Å²) in [7, 11) is 0. The lowest BCUT2D eigenvalue weighted by Gasteiger charge is -2.52. The summed E-state index contributed by atoms with van der Waals surface area (Å²) in [5, 5.41) is 207. The van der Waals surface area contributed by atoms with Crippen molar-refractivity contribution in [1.82, 2.24) is 26.6 Å². The molecule has 23 N–H and O–H groups in total. The Bertz CT molecular complexity index is 2290. The summed E-state index contributed by atoms with van der Waals surface area (Å²) >= 11 is 0. The van der Waals surface area contributed by atoms with Crippen LogP contribution in [0.25, 0.3) is 0 Å². The molecule has 508 valence electrons. The SMILES string of the molecule is CC(=O)NC1C(O[C@@H]2[C@H](O)[C@@H](O)C(O[C@H]3[C@@H](O)[C@@H](CO[C@@H]4O[C@H](CO)[C@@H](O)[C@H](O)[C@H]4NC(C)=O)O[C@H](O[C@@H]([C@@H](O)[C@H](O)CO)[C@H](CO)NC(C)=O)[C@@H]3NC(C)=O)O[C@@H]2CO)OC(CO)C(O)C1O[C@]1(C(=O)O)C[C@H](O)[C@@H](NC(C)=O)[C@H]([C@H](O)[C@H](O)CO)O1. The number of aliphatic hydroxyl groups is 17. The number of hydrogen-bond acceptors (Lipinski definition) is 33. The number of aliphatic carboxylic acids is 1. The van der Waals surface area contributed by atoms with E-state index in [0.717, 1.165) is 34.6 Å². The zero-order chi connectivity index (χ0) is 66.0. The Morgan fingerprint density at radius 1 is 0.511 bits per heavy atom. The molecule has 0 aliphatic carbocycles. The molecule has 0 bridgehead atoms. The van der Waals surface area contributed by atoms with E-state index in [0.29, 0.717) is 0 Å². The van der Waals surface area contributed by atoms with Crippen LogP contribution in [0.3, 0.4) is 0 Å². The van der Waals surface area contributed by atoms with Crippen molar-refractivity contribution in [2.75, 3.05) is 46.2 Å². The van der Waals surface area contributed by atoms with Crippen LogP contribution < -0.4 is 26.6 Å². The first-order valence-electron chi connectivity index (χ1n) is 27.6. The van der Waals surface area contributed by atoms with E-state index in [1.807, 2.05) is 0 Å². The van der Waals surface area contributed by atoms with Gasteiger partial charge >= 0.3 is 5.97 Å². The Morgan fingerprint density at radius 3 is 1.52 bits per heavy atom. The zero-order valence-electron chi connectivity index (χ0n) is 48.0. The van der Waals surface area contributed by atoms with Crippen LogP contribution in [0, 0.1) is 0 Å². The van der Waals surface area contributed by atoms with Gasteiger partial charge in [-0.2, -0.15) is 0 Å².